The second kappa shape index (κ2) is 7.92. The van der Waals surface area contributed by atoms with Crippen LogP contribution in [0.2, 0.25) is 0 Å². The number of aliphatic hydroxyl groups is 1. The fourth-order valence-electron chi connectivity index (χ4n) is 2.12. The van der Waals surface area contributed by atoms with Crippen molar-refractivity contribution in [3.8, 4) is 0 Å². The summed E-state index contributed by atoms with van der Waals surface area (Å²) in [5.41, 5.74) is 0.980. The summed E-state index contributed by atoms with van der Waals surface area (Å²) >= 11 is 0. The van der Waals surface area contributed by atoms with Crippen LogP contribution in [0.3, 0.4) is 0 Å². The van der Waals surface area contributed by atoms with Gasteiger partial charge >= 0.3 is 0 Å². The van der Waals surface area contributed by atoms with E-state index in [0.29, 0.717) is 0 Å². The molecule has 2 atom stereocenters. The molecule has 106 valence electrons. The Morgan fingerprint density at radius 1 is 1.26 bits per heavy atom. The van der Waals surface area contributed by atoms with Gasteiger partial charge in [0.05, 0.1) is 6.61 Å². The minimum atomic E-state index is -0.301. The quantitative estimate of drug-likeness (QED) is 0.786. The van der Waals surface area contributed by atoms with Gasteiger partial charge in [-0.2, -0.15) is 0 Å². The lowest BCUT2D eigenvalue weighted by Crippen LogP contribution is -2.44. The maximum absolute atomic E-state index is 12.4. The molecule has 2 unspecified atom stereocenters. The highest BCUT2D eigenvalue weighted by atomic mass is 16.3. The van der Waals surface area contributed by atoms with Crippen molar-refractivity contribution in [1.82, 2.24) is 10.2 Å². The summed E-state index contributed by atoms with van der Waals surface area (Å²) in [6.07, 6.45) is 0. The topological polar surface area (TPSA) is 52.6 Å². The molecular weight excluding hydrogens is 240 g/mol. The molecule has 0 heterocycles. The summed E-state index contributed by atoms with van der Waals surface area (Å²) in [6.45, 7) is 7.44. The molecule has 0 bridgehead atoms. The first-order valence-corrected chi connectivity index (χ1v) is 6.84. The zero-order chi connectivity index (χ0) is 14.3. The lowest BCUT2D eigenvalue weighted by Gasteiger charge is -2.29. The van der Waals surface area contributed by atoms with E-state index in [0.717, 1.165) is 18.7 Å². The van der Waals surface area contributed by atoms with Crippen LogP contribution in [0.5, 0.6) is 0 Å². The molecule has 1 aromatic rings. The Labute approximate surface area is 115 Å². The Bertz CT molecular complexity index is 377. The Morgan fingerprint density at radius 2 is 1.84 bits per heavy atom. The Balaban J connectivity index is 2.96. The number of rotatable bonds is 7. The van der Waals surface area contributed by atoms with E-state index in [4.69, 9.17) is 5.11 Å². The van der Waals surface area contributed by atoms with Gasteiger partial charge in [0.15, 0.2) is 0 Å². The Hall–Kier alpha value is -1.39. The smallest absolute Gasteiger partial charge is 0.242 e. The zero-order valence-corrected chi connectivity index (χ0v) is 12.0. The lowest BCUT2D eigenvalue weighted by molar-refractivity contribution is -0.127. The molecule has 0 radical (unpaired) electrons. The van der Waals surface area contributed by atoms with Crippen LogP contribution in [0.25, 0.3) is 0 Å². The highest BCUT2D eigenvalue weighted by molar-refractivity contribution is 5.83. The highest BCUT2D eigenvalue weighted by Crippen LogP contribution is 2.20. The number of nitrogens with one attached hydrogen (secondary N) is 1. The molecule has 4 heteroatoms. The number of nitrogens with zero attached hydrogens (tertiary/aromatic N) is 1. The largest absolute Gasteiger partial charge is 0.394 e. The first-order valence-electron chi connectivity index (χ1n) is 6.84. The van der Waals surface area contributed by atoms with Crippen molar-refractivity contribution in [2.24, 2.45) is 0 Å². The van der Waals surface area contributed by atoms with Crippen LogP contribution < -0.4 is 5.32 Å². The van der Waals surface area contributed by atoms with Crippen LogP contribution in [-0.2, 0) is 4.79 Å². The summed E-state index contributed by atoms with van der Waals surface area (Å²) < 4.78 is 0. The molecular formula is C15H24N2O2. The van der Waals surface area contributed by atoms with Crippen molar-refractivity contribution in [1.29, 1.82) is 0 Å². The summed E-state index contributed by atoms with van der Waals surface area (Å²) in [5.74, 6) is -0.0588. The average Bonchev–Trinajstić information content (AvgIpc) is 2.45. The van der Waals surface area contributed by atoms with Crippen molar-refractivity contribution in [2.45, 2.75) is 32.9 Å². The van der Waals surface area contributed by atoms with E-state index < -0.39 is 0 Å². The summed E-state index contributed by atoms with van der Waals surface area (Å²) in [7, 11) is 0. The summed E-state index contributed by atoms with van der Waals surface area (Å²) in [5, 5.41) is 11.9. The fraction of sp³-hybridized carbons (Fsp3) is 0.533. The van der Waals surface area contributed by atoms with Gasteiger partial charge in [0.2, 0.25) is 5.91 Å². The molecule has 0 aromatic heterocycles. The minimum Gasteiger partial charge on any atom is -0.394 e. The van der Waals surface area contributed by atoms with Crippen LogP contribution in [0, 0.1) is 0 Å². The number of amides is 1. The van der Waals surface area contributed by atoms with E-state index in [9.17, 15) is 4.79 Å². The third kappa shape index (κ3) is 4.33. The number of carbonyl (C=O) groups excluding carboxylic acids is 1. The van der Waals surface area contributed by atoms with Crippen LogP contribution in [0.15, 0.2) is 30.3 Å². The fourth-order valence-corrected chi connectivity index (χ4v) is 2.12. The molecule has 2 N–H and O–H groups in total. The maximum atomic E-state index is 12.4. The molecule has 0 saturated heterocycles. The Morgan fingerprint density at radius 3 is 2.32 bits per heavy atom. The van der Waals surface area contributed by atoms with Gasteiger partial charge in [-0.05, 0) is 25.6 Å². The van der Waals surface area contributed by atoms with Gasteiger partial charge in [-0.3, -0.25) is 9.69 Å². The standard InChI is InChI=1S/C15H24N2O2/c1-4-17(5-2)14(13-9-7-6-8-10-13)15(19)16-12(3)11-18/h6-10,12,14,18H,4-5,11H2,1-3H3,(H,16,19). The molecule has 1 amide bonds. The van der Waals surface area contributed by atoms with Crippen molar-refractivity contribution in [3.63, 3.8) is 0 Å². The number of hydrogen-bond acceptors (Lipinski definition) is 3. The first-order chi connectivity index (χ1) is 9.13. The van der Waals surface area contributed by atoms with E-state index in [2.05, 4.69) is 10.2 Å². The minimum absolute atomic E-state index is 0.0501. The van der Waals surface area contributed by atoms with Gasteiger partial charge in [-0.25, -0.2) is 0 Å². The van der Waals surface area contributed by atoms with Crippen molar-refractivity contribution in [2.75, 3.05) is 19.7 Å². The van der Waals surface area contributed by atoms with Crippen molar-refractivity contribution < 1.29 is 9.90 Å². The van der Waals surface area contributed by atoms with Gasteiger partial charge in [0.25, 0.3) is 0 Å². The monoisotopic (exact) mass is 264 g/mol. The van der Waals surface area contributed by atoms with Gasteiger partial charge in [-0.1, -0.05) is 44.2 Å². The van der Waals surface area contributed by atoms with Crippen LogP contribution in [0.1, 0.15) is 32.4 Å². The van der Waals surface area contributed by atoms with E-state index >= 15 is 0 Å². The van der Waals surface area contributed by atoms with E-state index in [-0.39, 0.29) is 24.6 Å². The van der Waals surface area contributed by atoms with E-state index in [1.165, 1.54) is 0 Å². The predicted molar refractivity (Wildman–Crippen MR) is 76.8 cm³/mol. The lowest BCUT2D eigenvalue weighted by atomic mass is 10.0. The normalized spacial score (nSPS) is 14.2. The molecule has 1 rings (SSSR count). The third-order valence-electron chi connectivity index (χ3n) is 3.20. The van der Waals surface area contributed by atoms with Crippen molar-refractivity contribution in [3.05, 3.63) is 35.9 Å². The molecule has 1 aromatic carbocycles. The van der Waals surface area contributed by atoms with Crippen LogP contribution >= 0.6 is 0 Å². The number of benzene rings is 1. The second-order valence-corrected chi connectivity index (χ2v) is 4.63. The van der Waals surface area contributed by atoms with Gasteiger partial charge in [0.1, 0.15) is 6.04 Å². The molecule has 0 aliphatic rings. The van der Waals surface area contributed by atoms with E-state index in [1.807, 2.05) is 44.2 Å². The van der Waals surface area contributed by atoms with Crippen LogP contribution in [0.4, 0.5) is 0 Å². The van der Waals surface area contributed by atoms with Crippen LogP contribution in [-0.4, -0.2) is 41.7 Å². The maximum Gasteiger partial charge on any atom is 0.242 e. The number of hydrogen-bond donors (Lipinski definition) is 2. The van der Waals surface area contributed by atoms with Gasteiger partial charge in [-0.15, -0.1) is 0 Å². The molecule has 0 fully saturated rings. The summed E-state index contributed by atoms with van der Waals surface area (Å²) in [4.78, 5) is 14.5. The zero-order valence-electron chi connectivity index (χ0n) is 12.0. The van der Waals surface area contributed by atoms with Gasteiger partial charge in [0, 0.05) is 6.04 Å². The molecule has 19 heavy (non-hydrogen) atoms. The number of likely N-dealkylation sites (N-methyl/N-ethyl adjacent to an activating group) is 1. The van der Waals surface area contributed by atoms with Crippen molar-refractivity contribution >= 4 is 5.91 Å². The SMILES string of the molecule is CCN(CC)C(C(=O)NC(C)CO)c1ccccc1. The summed E-state index contributed by atoms with van der Waals surface area (Å²) in [6, 6.07) is 9.22. The number of aliphatic hydroxyl groups excluding tert-OH is 1. The highest BCUT2D eigenvalue weighted by Gasteiger charge is 2.26. The average molecular weight is 264 g/mol. The number of carbonyl (C=O) groups is 1. The molecule has 4 nitrogen and oxygen atoms in total. The Kier molecular flexibility index (Phi) is 6.53. The third-order valence-corrected chi connectivity index (χ3v) is 3.20. The van der Waals surface area contributed by atoms with Gasteiger partial charge < -0.3 is 10.4 Å². The molecule has 0 aliphatic heterocycles. The molecule has 0 spiro atoms. The second-order valence-electron chi connectivity index (χ2n) is 4.63. The molecule has 0 aliphatic carbocycles. The molecule has 0 saturated carbocycles. The predicted octanol–water partition coefficient (Wildman–Crippen LogP) is 1.57. The first kappa shape index (κ1) is 15.7. The van der Waals surface area contributed by atoms with E-state index in [1.54, 1.807) is 6.92 Å².